The molecule has 1 fully saturated rings. The van der Waals surface area contributed by atoms with E-state index in [0.29, 0.717) is 12.3 Å². The lowest BCUT2D eigenvalue weighted by Crippen LogP contribution is -2.33. The number of morpholine rings is 1. The van der Waals surface area contributed by atoms with E-state index in [4.69, 9.17) is 4.74 Å². The summed E-state index contributed by atoms with van der Waals surface area (Å²) in [6, 6.07) is 9.39. The highest BCUT2D eigenvalue weighted by Gasteiger charge is 2.33. The highest BCUT2D eigenvalue weighted by molar-refractivity contribution is 6.02. The summed E-state index contributed by atoms with van der Waals surface area (Å²) in [6.07, 6.45) is -2.48. The van der Waals surface area contributed by atoms with Crippen molar-refractivity contribution in [3.05, 3.63) is 65.9 Å². The molecule has 0 radical (unpaired) electrons. The maximum atomic E-state index is 12.8. The Morgan fingerprint density at radius 1 is 1.19 bits per heavy atom. The summed E-state index contributed by atoms with van der Waals surface area (Å²) < 4.78 is 45.2. The van der Waals surface area contributed by atoms with Gasteiger partial charge in [-0.3, -0.25) is 4.79 Å². The molecule has 0 bridgehead atoms. The highest BCUT2D eigenvalue weighted by atomic mass is 35.5. The summed E-state index contributed by atoms with van der Waals surface area (Å²) >= 11 is 0. The number of nitrogens with zero attached hydrogens (tertiary/aromatic N) is 4. The topological polar surface area (TPSA) is 94.0 Å². The second kappa shape index (κ2) is 9.41. The normalized spacial score (nSPS) is 16.4. The summed E-state index contributed by atoms with van der Waals surface area (Å²) in [5.41, 5.74) is 0.495. The first kappa shape index (κ1) is 22.7. The van der Waals surface area contributed by atoms with Crippen LogP contribution in [0.4, 0.5) is 18.9 Å². The third-order valence-corrected chi connectivity index (χ3v) is 4.47. The molecule has 4 rings (SSSR count). The maximum absolute atomic E-state index is 12.8. The summed E-state index contributed by atoms with van der Waals surface area (Å²) in [6.45, 7) is 2.19. The van der Waals surface area contributed by atoms with Crippen LogP contribution in [-0.2, 0) is 10.9 Å². The number of amides is 1. The van der Waals surface area contributed by atoms with Gasteiger partial charge in [-0.05, 0) is 23.8 Å². The molecule has 1 aromatic carbocycles. The molecule has 2 aromatic heterocycles. The number of benzene rings is 1. The maximum Gasteiger partial charge on any atom is 0.433 e. The van der Waals surface area contributed by atoms with Crippen molar-refractivity contribution in [3.8, 4) is 5.82 Å². The first-order valence-corrected chi connectivity index (χ1v) is 9.09. The second-order valence-electron chi connectivity index (χ2n) is 6.54. The van der Waals surface area contributed by atoms with E-state index in [9.17, 15) is 18.0 Å². The SMILES string of the molecule is Cl.O=C(Nc1ccc([C@H]2CNCCO2)cc1)c1ccn(-c2cc(C(F)(F)F)ncn2)n1. The quantitative estimate of drug-likeness (QED) is 0.629. The summed E-state index contributed by atoms with van der Waals surface area (Å²) in [4.78, 5) is 19.4. The Kier molecular flexibility index (Phi) is 6.88. The van der Waals surface area contributed by atoms with Crippen LogP contribution in [-0.4, -0.2) is 45.4 Å². The molecular formula is C19H18ClF3N6O2. The Labute approximate surface area is 181 Å². The minimum atomic E-state index is -4.60. The first-order valence-electron chi connectivity index (χ1n) is 9.09. The van der Waals surface area contributed by atoms with Crippen molar-refractivity contribution >= 4 is 24.0 Å². The van der Waals surface area contributed by atoms with Crippen molar-refractivity contribution in [2.45, 2.75) is 12.3 Å². The molecule has 0 saturated carbocycles. The van der Waals surface area contributed by atoms with Crippen LogP contribution in [0.3, 0.4) is 0 Å². The van der Waals surface area contributed by atoms with E-state index in [0.717, 1.165) is 35.7 Å². The average Bonchev–Trinajstić information content (AvgIpc) is 3.25. The number of aromatic nitrogens is 4. The lowest BCUT2D eigenvalue weighted by molar-refractivity contribution is -0.141. The van der Waals surface area contributed by atoms with E-state index in [1.54, 1.807) is 12.1 Å². The number of anilines is 1. The molecule has 0 spiro atoms. The largest absolute Gasteiger partial charge is 0.433 e. The molecule has 1 aliphatic rings. The van der Waals surface area contributed by atoms with E-state index in [1.807, 2.05) is 12.1 Å². The van der Waals surface area contributed by atoms with Gasteiger partial charge < -0.3 is 15.4 Å². The highest BCUT2D eigenvalue weighted by Crippen LogP contribution is 2.27. The zero-order valence-corrected chi connectivity index (χ0v) is 16.8. The van der Waals surface area contributed by atoms with E-state index in [1.165, 1.54) is 12.3 Å². The summed E-state index contributed by atoms with van der Waals surface area (Å²) in [7, 11) is 0. The van der Waals surface area contributed by atoms with Crippen LogP contribution in [0.5, 0.6) is 0 Å². The second-order valence-corrected chi connectivity index (χ2v) is 6.54. The van der Waals surface area contributed by atoms with Gasteiger partial charge in [-0.15, -0.1) is 12.4 Å². The van der Waals surface area contributed by atoms with Crippen LogP contribution in [0.1, 0.15) is 27.8 Å². The lowest BCUT2D eigenvalue weighted by atomic mass is 10.1. The number of rotatable bonds is 4. The van der Waals surface area contributed by atoms with Gasteiger partial charge in [0.25, 0.3) is 5.91 Å². The molecule has 31 heavy (non-hydrogen) atoms. The zero-order valence-electron chi connectivity index (χ0n) is 16.0. The predicted octanol–water partition coefficient (Wildman–Crippen LogP) is 3.02. The van der Waals surface area contributed by atoms with Crippen LogP contribution >= 0.6 is 12.4 Å². The average molecular weight is 455 g/mol. The Balaban J connectivity index is 0.00000272. The Hall–Kier alpha value is -3.02. The van der Waals surface area contributed by atoms with Gasteiger partial charge in [-0.1, -0.05) is 12.1 Å². The molecule has 3 heterocycles. The van der Waals surface area contributed by atoms with E-state index >= 15 is 0 Å². The fourth-order valence-corrected chi connectivity index (χ4v) is 2.96. The zero-order chi connectivity index (χ0) is 21.1. The Morgan fingerprint density at radius 3 is 2.65 bits per heavy atom. The van der Waals surface area contributed by atoms with Crippen LogP contribution in [0.15, 0.2) is 48.9 Å². The molecule has 1 atom stereocenters. The standard InChI is InChI=1S/C19H17F3N6O2.ClH/c20-19(21,22)16-9-17(25-11-24-16)28-7-5-14(27-28)18(29)26-13-3-1-12(2-4-13)15-10-23-6-8-30-15;/h1-5,7,9,11,15,23H,6,8,10H2,(H,26,29);1H/t15-;/m1./s1. The summed E-state index contributed by atoms with van der Waals surface area (Å²) in [5, 5.41) is 9.97. The third kappa shape index (κ3) is 5.37. The monoisotopic (exact) mass is 454 g/mol. The number of ether oxygens (including phenoxy) is 1. The van der Waals surface area contributed by atoms with E-state index in [2.05, 4.69) is 25.7 Å². The van der Waals surface area contributed by atoms with Crippen LogP contribution in [0.2, 0.25) is 0 Å². The van der Waals surface area contributed by atoms with Crippen LogP contribution < -0.4 is 10.6 Å². The molecule has 164 valence electrons. The van der Waals surface area contributed by atoms with Crippen molar-refractivity contribution in [2.24, 2.45) is 0 Å². The molecule has 0 aliphatic carbocycles. The number of alkyl halides is 3. The van der Waals surface area contributed by atoms with Gasteiger partial charge in [-0.25, -0.2) is 14.6 Å². The van der Waals surface area contributed by atoms with E-state index < -0.39 is 17.8 Å². The van der Waals surface area contributed by atoms with Crippen LogP contribution in [0.25, 0.3) is 5.82 Å². The number of carbonyl (C=O) groups is 1. The molecule has 0 unspecified atom stereocenters. The number of hydrogen-bond donors (Lipinski definition) is 2. The number of hydrogen-bond acceptors (Lipinski definition) is 6. The third-order valence-electron chi connectivity index (χ3n) is 4.47. The lowest BCUT2D eigenvalue weighted by Gasteiger charge is -2.24. The minimum absolute atomic E-state index is 0. The number of halogens is 4. The van der Waals surface area contributed by atoms with Crippen molar-refractivity contribution in [3.63, 3.8) is 0 Å². The number of carbonyl (C=O) groups excluding carboxylic acids is 1. The molecular weight excluding hydrogens is 437 g/mol. The molecule has 3 aromatic rings. The predicted molar refractivity (Wildman–Crippen MR) is 107 cm³/mol. The van der Waals surface area contributed by atoms with Crippen molar-refractivity contribution < 1.29 is 22.7 Å². The molecule has 12 heteroatoms. The molecule has 1 amide bonds. The van der Waals surface area contributed by atoms with E-state index in [-0.39, 0.29) is 30.0 Å². The number of nitrogens with one attached hydrogen (secondary N) is 2. The molecule has 2 N–H and O–H groups in total. The van der Waals surface area contributed by atoms with Crippen molar-refractivity contribution in [1.29, 1.82) is 0 Å². The first-order chi connectivity index (χ1) is 14.4. The molecule has 1 aliphatic heterocycles. The fourth-order valence-electron chi connectivity index (χ4n) is 2.96. The summed E-state index contributed by atoms with van der Waals surface area (Å²) in [5.74, 6) is -0.594. The van der Waals surface area contributed by atoms with Gasteiger partial charge in [0, 0.05) is 31.0 Å². The fraction of sp³-hybridized carbons (Fsp3) is 0.263. The smallest absolute Gasteiger partial charge is 0.371 e. The van der Waals surface area contributed by atoms with Gasteiger partial charge in [0.1, 0.15) is 12.0 Å². The van der Waals surface area contributed by atoms with Gasteiger partial charge in [0.2, 0.25) is 0 Å². The van der Waals surface area contributed by atoms with Gasteiger partial charge in [0.15, 0.2) is 11.5 Å². The minimum Gasteiger partial charge on any atom is -0.371 e. The molecule has 8 nitrogen and oxygen atoms in total. The Bertz CT molecular complexity index is 1040. The van der Waals surface area contributed by atoms with Crippen molar-refractivity contribution in [1.82, 2.24) is 25.1 Å². The molecule has 1 saturated heterocycles. The van der Waals surface area contributed by atoms with Gasteiger partial charge >= 0.3 is 6.18 Å². The van der Waals surface area contributed by atoms with Crippen LogP contribution in [0, 0.1) is 0 Å². The van der Waals surface area contributed by atoms with Crippen molar-refractivity contribution in [2.75, 3.05) is 25.0 Å². The Morgan fingerprint density at radius 2 is 1.97 bits per heavy atom. The van der Waals surface area contributed by atoms with Gasteiger partial charge in [-0.2, -0.15) is 18.3 Å². The van der Waals surface area contributed by atoms with Gasteiger partial charge in [0.05, 0.1) is 12.7 Å².